The molecule has 1 rings (SSSR count). The van der Waals surface area contributed by atoms with Crippen LogP contribution in [0.5, 0.6) is 0 Å². The van der Waals surface area contributed by atoms with E-state index in [0.29, 0.717) is 6.54 Å². The van der Waals surface area contributed by atoms with Crippen molar-refractivity contribution >= 4 is 35.8 Å². The summed E-state index contributed by atoms with van der Waals surface area (Å²) in [5, 5.41) is 6.42. The number of pyridine rings is 1. The highest BCUT2D eigenvalue weighted by Gasteiger charge is 2.03. The van der Waals surface area contributed by atoms with Crippen LogP contribution in [-0.4, -0.2) is 37.1 Å². The number of guanidine groups is 1. The zero-order chi connectivity index (χ0) is 14.8. The Balaban J connectivity index is 0.00000400. The Morgan fingerprint density at radius 3 is 2.14 bits per heavy atom. The van der Waals surface area contributed by atoms with E-state index in [-0.39, 0.29) is 24.0 Å². The van der Waals surface area contributed by atoms with E-state index in [2.05, 4.69) is 65.3 Å². The number of aromatic nitrogens is 1. The molecule has 0 unspecified atom stereocenters. The summed E-state index contributed by atoms with van der Waals surface area (Å²) in [6.07, 6.45) is 1.91. The van der Waals surface area contributed by atoms with Crippen LogP contribution in [0.1, 0.15) is 33.3 Å². The van der Waals surface area contributed by atoms with Gasteiger partial charge < -0.3 is 15.5 Å². The standard InChI is InChI=1S/C15H27N5.HI/c1-5-16-15(17-6-2)19-12-13-9-10-14(18-11-13)20(7-3)8-4;/h9-11H,5-8,12H2,1-4H3,(H2,16,17,19);1H. The highest BCUT2D eigenvalue weighted by atomic mass is 127. The Hall–Kier alpha value is -1.05. The summed E-state index contributed by atoms with van der Waals surface area (Å²) in [4.78, 5) is 11.3. The molecule has 0 radical (unpaired) electrons. The number of halogens is 1. The Morgan fingerprint density at radius 2 is 1.71 bits per heavy atom. The van der Waals surface area contributed by atoms with Gasteiger partial charge in [-0.05, 0) is 39.3 Å². The van der Waals surface area contributed by atoms with Crippen LogP contribution >= 0.6 is 24.0 Å². The van der Waals surface area contributed by atoms with Gasteiger partial charge in [0.1, 0.15) is 5.82 Å². The van der Waals surface area contributed by atoms with E-state index in [9.17, 15) is 0 Å². The fourth-order valence-electron chi connectivity index (χ4n) is 1.92. The predicted octanol–water partition coefficient (Wildman–Crippen LogP) is 2.62. The van der Waals surface area contributed by atoms with Crippen molar-refractivity contribution in [3.63, 3.8) is 0 Å². The smallest absolute Gasteiger partial charge is 0.191 e. The van der Waals surface area contributed by atoms with Crippen molar-refractivity contribution in [2.45, 2.75) is 34.2 Å². The maximum atomic E-state index is 4.53. The summed E-state index contributed by atoms with van der Waals surface area (Å²) in [5.74, 6) is 1.88. The molecule has 1 aromatic rings. The fourth-order valence-corrected chi connectivity index (χ4v) is 1.92. The molecule has 0 fully saturated rings. The van der Waals surface area contributed by atoms with Gasteiger partial charge in [0.2, 0.25) is 0 Å². The number of anilines is 1. The van der Waals surface area contributed by atoms with Gasteiger partial charge in [-0.3, -0.25) is 0 Å². The largest absolute Gasteiger partial charge is 0.357 e. The number of nitrogens with zero attached hydrogens (tertiary/aromatic N) is 3. The molecular formula is C15H28IN5. The molecule has 0 amide bonds. The third kappa shape index (κ3) is 6.97. The maximum Gasteiger partial charge on any atom is 0.191 e. The number of hydrogen-bond acceptors (Lipinski definition) is 3. The SMILES string of the molecule is CCNC(=NCc1ccc(N(CC)CC)nc1)NCC.I. The number of nitrogens with one attached hydrogen (secondary N) is 2. The molecule has 0 aromatic carbocycles. The third-order valence-corrected chi connectivity index (χ3v) is 3.00. The Kier molecular flexibility index (Phi) is 11.0. The highest BCUT2D eigenvalue weighted by Crippen LogP contribution is 2.11. The van der Waals surface area contributed by atoms with Gasteiger partial charge in [0.05, 0.1) is 6.54 Å². The van der Waals surface area contributed by atoms with Gasteiger partial charge in [-0.1, -0.05) is 6.07 Å². The van der Waals surface area contributed by atoms with Crippen molar-refractivity contribution in [3.05, 3.63) is 23.9 Å². The first-order valence-electron chi connectivity index (χ1n) is 7.47. The summed E-state index contributed by atoms with van der Waals surface area (Å²) in [7, 11) is 0. The van der Waals surface area contributed by atoms with Crippen molar-refractivity contribution in [3.8, 4) is 0 Å². The Bertz CT molecular complexity index is 393. The molecule has 0 aliphatic rings. The molecule has 21 heavy (non-hydrogen) atoms. The fraction of sp³-hybridized carbons (Fsp3) is 0.600. The van der Waals surface area contributed by atoms with Crippen LogP contribution in [0.2, 0.25) is 0 Å². The second kappa shape index (κ2) is 11.6. The first-order valence-corrected chi connectivity index (χ1v) is 7.47. The monoisotopic (exact) mass is 405 g/mol. The second-order valence-corrected chi connectivity index (χ2v) is 4.42. The molecule has 5 nitrogen and oxygen atoms in total. The molecule has 0 saturated heterocycles. The van der Waals surface area contributed by atoms with Gasteiger partial charge in [-0.15, -0.1) is 24.0 Å². The van der Waals surface area contributed by atoms with Crippen molar-refractivity contribution in [2.24, 2.45) is 4.99 Å². The molecular weight excluding hydrogens is 377 g/mol. The third-order valence-electron chi connectivity index (χ3n) is 3.00. The van der Waals surface area contributed by atoms with E-state index in [4.69, 9.17) is 0 Å². The molecule has 0 aliphatic carbocycles. The average Bonchev–Trinajstić information content (AvgIpc) is 2.48. The molecule has 0 bridgehead atoms. The van der Waals surface area contributed by atoms with Crippen molar-refractivity contribution in [2.75, 3.05) is 31.1 Å². The Labute approximate surface area is 145 Å². The molecule has 2 N–H and O–H groups in total. The lowest BCUT2D eigenvalue weighted by Gasteiger charge is -2.19. The minimum absolute atomic E-state index is 0. The van der Waals surface area contributed by atoms with E-state index in [1.54, 1.807) is 0 Å². The lowest BCUT2D eigenvalue weighted by Crippen LogP contribution is -2.36. The molecule has 1 heterocycles. The summed E-state index contributed by atoms with van der Waals surface area (Å²) in [6.45, 7) is 12.7. The molecule has 0 aliphatic heterocycles. The van der Waals surface area contributed by atoms with Gasteiger partial charge in [0.15, 0.2) is 5.96 Å². The highest BCUT2D eigenvalue weighted by molar-refractivity contribution is 14.0. The van der Waals surface area contributed by atoms with Gasteiger partial charge in [0, 0.05) is 32.4 Å². The van der Waals surface area contributed by atoms with Crippen LogP contribution in [0.4, 0.5) is 5.82 Å². The van der Waals surface area contributed by atoms with E-state index in [1.165, 1.54) is 0 Å². The summed E-state index contributed by atoms with van der Waals surface area (Å²) < 4.78 is 0. The first kappa shape index (κ1) is 19.9. The van der Waals surface area contributed by atoms with E-state index in [0.717, 1.165) is 43.5 Å². The minimum Gasteiger partial charge on any atom is -0.357 e. The van der Waals surface area contributed by atoms with E-state index >= 15 is 0 Å². The quantitative estimate of drug-likeness (QED) is 0.416. The van der Waals surface area contributed by atoms with Crippen LogP contribution in [0.25, 0.3) is 0 Å². The number of hydrogen-bond donors (Lipinski definition) is 2. The second-order valence-electron chi connectivity index (χ2n) is 4.42. The molecule has 0 saturated carbocycles. The normalized spacial score (nSPS) is 9.52. The molecule has 0 spiro atoms. The molecule has 120 valence electrons. The lowest BCUT2D eigenvalue weighted by molar-refractivity contribution is 0.833. The minimum atomic E-state index is 0. The van der Waals surface area contributed by atoms with Crippen LogP contribution in [0.15, 0.2) is 23.3 Å². The lowest BCUT2D eigenvalue weighted by atomic mass is 10.3. The average molecular weight is 405 g/mol. The van der Waals surface area contributed by atoms with E-state index in [1.807, 2.05) is 6.20 Å². The predicted molar refractivity (Wildman–Crippen MR) is 102 cm³/mol. The maximum absolute atomic E-state index is 4.53. The van der Waals surface area contributed by atoms with Crippen LogP contribution in [0.3, 0.4) is 0 Å². The van der Waals surface area contributed by atoms with E-state index < -0.39 is 0 Å². The van der Waals surface area contributed by atoms with Gasteiger partial charge in [0.25, 0.3) is 0 Å². The van der Waals surface area contributed by atoms with Crippen molar-refractivity contribution in [1.82, 2.24) is 15.6 Å². The zero-order valence-electron chi connectivity index (χ0n) is 13.5. The van der Waals surface area contributed by atoms with Gasteiger partial charge >= 0.3 is 0 Å². The van der Waals surface area contributed by atoms with Crippen LogP contribution in [0, 0.1) is 0 Å². The molecule has 1 aromatic heterocycles. The summed E-state index contributed by atoms with van der Waals surface area (Å²) in [5.41, 5.74) is 1.12. The van der Waals surface area contributed by atoms with Gasteiger partial charge in [-0.25, -0.2) is 9.98 Å². The first-order chi connectivity index (χ1) is 9.74. The number of aliphatic imine (C=N–C) groups is 1. The topological polar surface area (TPSA) is 52.6 Å². The molecule has 0 atom stereocenters. The van der Waals surface area contributed by atoms with Crippen molar-refractivity contribution < 1.29 is 0 Å². The van der Waals surface area contributed by atoms with Crippen LogP contribution < -0.4 is 15.5 Å². The van der Waals surface area contributed by atoms with Crippen LogP contribution in [-0.2, 0) is 6.54 Å². The summed E-state index contributed by atoms with van der Waals surface area (Å²) in [6, 6.07) is 4.16. The van der Waals surface area contributed by atoms with Gasteiger partial charge in [-0.2, -0.15) is 0 Å². The van der Waals surface area contributed by atoms with Crippen molar-refractivity contribution in [1.29, 1.82) is 0 Å². The summed E-state index contributed by atoms with van der Waals surface area (Å²) >= 11 is 0. The Morgan fingerprint density at radius 1 is 1.10 bits per heavy atom. The zero-order valence-corrected chi connectivity index (χ0v) is 15.8. The molecule has 6 heteroatoms. The number of rotatable bonds is 7.